The monoisotopic (exact) mass is 270 g/mol. The van der Waals surface area contributed by atoms with Crippen molar-refractivity contribution in [2.24, 2.45) is 0 Å². The molecule has 1 aliphatic rings. The third-order valence-electron chi connectivity index (χ3n) is 4.14. The van der Waals surface area contributed by atoms with Gasteiger partial charge >= 0.3 is 0 Å². The number of aromatic nitrogens is 2. The third kappa shape index (κ3) is 2.72. The number of para-hydroxylation sites is 1. The summed E-state index contributed by atoms with van der Waals surface area (Å²) in [6, 6.07) is 8.90. The SMILES string of the molecule is Cc1cccc(C)c1OCc1ccn(C2CCCC2)n1. The summed E-state index contributed by atoms with van der Waals surface area (Å²) >= 11 is 0. The zero-order valence-corrected chi connectivity index (χ0v) is 12.3. The number of ether oxygens (including phenoxy) is 1. The Morgan fingerprint density at radius 1 is 1.15 bits per heavy atom. The number of hydrogen-bond donors (Lipinski definition) is 0. The van der Waals surface area contributed by atoms with Crippen LogP contribution >= 0.6 is 0 Å². The van der Waals surface area contributed by atoms with Gasteiger partial charge in [0.2, 0.25) is 0 Å². The van der Waals surface area contributed by atoms with Gasteiger partial charge in [0.05, 0.1) is 11.7 Å². The third-order valence-corrected chi connectivity index (χ3v) is 4.14. The van der Waals surface area contributed by atoms with Crippen LogP contribution in [0.4, 0.5) is 0 Å². The molecule has 0 amide bonds. The Kier molecular flexibility index (Phi) is 3.77. The van der Waals surface area contributed by atoms with E-state index in [-0.39, 0.29) is 0 Å². The average Bonchev–Trinajstić information content (AvgIpc) is 3.09. The van der Waals surface area contributed by atoms with Gasteiger partial charge in [-0.25, -0.2) is 0 Å². The van der Waals surface area contributed by atoms with Gasteiger partial charge in [-0.2, -0.15) is 5.10 Å². The fourth-order valence-corrected chi connectivity index (χ4v) is 3.00. The van der Waals surface area contributed by atoms with Crippen LogP contribution in [0.2, 0.25) is 0 Å². The van der Waals surface area contributed by atoms with E-state index >= 15 is 0 Å². The highest BCUT2D eigenvalue weighted by molar-refractivity contribution is 5.39. The highest BCUT2D eigenvalue weighted by Crippen LogP contribution is 2.29. The summed E-state index contributed by atoms with van der Waals surface area (Å²) in [6.45, 7) is 4.71. The summed E-state index contributed by atoms with van der Waals surface area (Å²) in [5.41, 5.74) is 3.38. The van der Waals surface area contributed by atoms with Crippen molar-refractivity contribution in [1.82, 2.24) is 9.78 Å². The van der Waals surface area contributed by atoms with E-state index in [1.54, 1.807) is 0 Å². The quantitative estimate of drug-likeness (QED) is 0.832. The lowest BCUT2D eigenvalue weighted by molar-refractivity contribution is 0.294. The van der Waals surface area contributed by atoms with Gasteiger partial charge in [-0.05, 0) is 43.9 Å². The van der Waals surface area contributed by atoms with Crippen LogP contribution in [0.3, 0.4) is 0 Å². The minimum absolute atomic E-state index is 0.547. The topological polar surface area (TPSA) is 27.1 Å². The Bertz CT molecular complexity index is 562. The summed E-state index contributed by atoms with van der Waals surface area (Å²) < 4.78 is 8.08. The van der Waals surface area contributed by atoms with Crippen molar-refractivity contribution in [3.63, 3.8) is 0 Å². The molecule has 106 valence electrons. The molecule has 3 nitrogen and oxygen atoms in total. The molecular weight excluding hydrogens is 248 g/mol. The molecule has 0 bridgehead atoms. The van der Waals surface area contributed by atoms with Gasteiger partial charge < -0.3 is 4.74 Å². The largest absolute Gasteiger partial charge is 0.487 e. The highest BCUT2D eigenvalue weighted by atomic mass is 16.5. The van der Waals surface area contributed by atoms with Crippen LogP contribution < -0.4 is 4.74 Å². The van der Waals surface area contributed by atoms with Crippen LogP contribution in [0.5, 0.6) is 5.75 Å². The molecule has 0 unspecified atom stereocenters. The Labute approximate surface area is 120 Å². The van der Waals surface area contributed by atoms with Gasteiger partial charge in [0.1, 0.15) is 12.4 Å². The molecule has 3 heteroatoms. The fourth-order valence-electron chi connectivity index (χ4n) is 3.00. The van der Waals surface area contributed by atoms with Gasteiger partial charge in [-0.1, -0.05) is 31.0 Å². The Balaban J connectivity index is 1.66. The van der Waals surface area contributed by atoms with E-state index < -0.39 is 0 Å². The second-order valence-electron chi connectivity index (χ2n) is 5.73. The zero-order chi connectivity index (χ0) is 13.9. The maximum atomic E-state index is 5.95. The number of hydrogen-bond acceptors (Lipinski definition) is 2. The molecule has 1 heterocycles. The normalized spacial score (nSPS) is 15.7. The first-order valence-electron chi connectivity index (χ1n) is 7.47. The van der Waals surface area contributed by atoms with Gasteiger partial charge in [-0.3, -0.25) is 4.68 Å². The number of aryl methyl sites for hydroxylation is 2. The maximum absolute atomic E-state index is 5.95. The van der Waals surface area contributed by atoms with Gasteiger partial charge in [-0.15, -0.1) is 0 Å². The van der Waals surface area contributed by atoms with Crippen LogP contribution in [0, 0.1) is 13.8 Å². The molecule has 3 rings (SSSR count). The van der Waals surface area contributed by atoms with Crippen LogP contribution in [-0.4, -0.2) is 9.78 Å². The van der Waals surface area contributed by atoms with Crippen LogP contribution in [0.15, 0.2) is 30.5 Å². The van der Waals surface area contributed by atoms with Gasteiger partial charge in [0.25, 0.3) is 0 Å². The zero-order valence-electron chi connectivity index (χ0n) is 12.3. The molecule has 2 aromatic rings. The molecule has 20 heavy (non-hydrogen) atoms. The molecule has 0 spiro atoms. The standard InChI is InChI=1S/C17H22N2O/c1-13-6-5-7-14(2)17(13)20-12-15-10-11-19(18-15)16-8-3-4-9-16/h5-7,10-11,16H,3-4,8-9,12H2,1-2H3. The predicted molar refractivity (Wildman–Crippen MR) is 80.0 cm³/mol. The van der Waals surface area contributed by atoms with Crippen LogP contribution in [0.25, 0.3) is 0 Å². The Morgan fingerprint density at radius 3 is 2.55 bits per heavy atom. The van der Waals surface area contributed by atoms with Crippen molar-refractivity contribution < 1.29 is 4.74 Å². The minimum atomic E-state index is 0.547. The average molecular weight is 270 g/mol. The molecular formula is C17H22N2O. The summed E-state index contributed by atoms with van der Waals surface area (Å²) in [5.74, 6) is 0.989. The number of nitrogens with zero attached hydrogens (tertiary/aromatic N) is 2. The molecule has 0 aliphatic heterocycles. The highest BCUT2D eigenvalue weighted by Gasteiger charge is 2.17. The van der Waals surface area contributed by atoms with Crippen LogP contribution in [-0.2, 0) is 6.61 Å². The smallest absolute Gasteiger partial charge is 0.132 e. The molecule has 0 radical (unpaired) electrons. The second-order valence-corrected chi connectivity index (χ2v) is 5.73. The van der Waals surface area contributed by atoms with Crippen molar-refractivity contribution in [2.75, 3.05) is 0 Å². The lowest BCUT2D eigenvalue weighted by Gasteiger charge is -2.11. The van der Waals surface area contributed by atoms with Crippen molar-refractivity contribution in [3.8, 4) is 5.75 Å². The second kappa shape index (κ2) is 5.70. The summed E-state index contributed by atoms with van der Waals surface area (Å²) in [5, 5.41) is 4.66. The van der Waals surface area contributed by atoms with Crippen LogP contribution in [0.1, 0.15) is 48.5 Å². The summed E-state index contributed by atoms with van der Waals surface area (Å²) in [6.07, 6.45) is 7.29. The Morgan fingerprint density at radius 2 is 1.85 bits per heavy atom. The van der Waals surface area contributed by atoms with E-state index in [1.807, 2.05) is 0 Å². The van der Waals surface area contributed by atoms with Gasteiger partial charge in [0.15, 0.2) is 0 Å². The van der Waals surface area contributed by atoms with Gasteiger partial charge in [0, 0.05) is 6.20 Å². The summed E-state index contributed by atoms with van der Waals surface area (Å²) in [4.78, 5) is 0. The van der Waals surface area contributed by atoms with Crippen molar-refractivity contribution in [3.05, 3.63) is 47.3 Å². The number of rotatable bonds is 4. The predicted octanol–water partition coefficient (Wildman–Crippen LogP) is 4.19. The molecule has 0 atom stereocenters. The molecule has 1 fully saturated rings. The van der Waals surface area contributed by atoms with Crippen molar-refractivity contribution in [1.29, 1.82) is 0 Å². The summed E-state index contributed by atoms with van der Waals surface area (Å²) in [7, 11) is 0. The molecule has 0 N–H and O–H groups in total. The molecule has 1 saturated carbocycles. The molecule has 0 saturated heterocycles. The first kappa shape index (κ1) is 13.2. The number of benzene rings is 1. The lowest BCUT2D eigenvalue weighted by Crippen LogP contribution is -2.06. The maximum Gasteiger partial charge on any atom is 0.132 e. The molecule has 1 aliphatic carbocycles. The molecule has 1 aromatic carbocycles. The van der Waals surface area contributed by atoms with E-state index in [0.717, 1.165) is 11.4 Å². The van der Waals surface area contributed by atoms with E-state index in [2.05, 4.69) is 54.1 Å². The molecule has 1 aromatic heterocycles. The first-order valence-corrected chi connectivity index (χ1v) is 7.47. The van der Waals surface area contributed by atoms with Crippen molar-refractivity contribution in [2.45, 2.75) is 52.2 Å². The van der Waals surface area contributed by atoms with E-state index in [0.29, 0.717) is 12.6 Å². The van der Waals surface area contributed by atoms with E-state index in [1.165, 1.54) is 36.8 Å². The fraction of sp³-hybridized carbons (Fsp3) is 0.471. The van der Waals surface area contributed by atoms with E-state index in [9.17, 15) is 0 Å². The van der Waals surface area contributed by atoms with E-state index in [4.69, 9.17) is 4.74 Å². The van der Waals surface area contributed by atoms with Crippen molar-refractivity contribution >= 4 is 0 Å². The first-order chi connectivity index (χ1) is 9.74. The Hall–Kier alpha value is -1.77. The lowest BCUT2D eigenvalue weighted by atomic mass is 10.1. The minimum Gasteiger partial charge on any atom is -0.487 e.